The number of benzene rings is 4. The van der Waals surface area contributed by atoms with E-state index in [4.69, 9.17) is 0 Å². The fourth-order valence-electron chi connectivity index (χ4n) is 8.23. The molecule has 0 spiro atoms. The van der Waals surface area contributed by atoms with E-state index in [2.05, 4.69) is 181 Å². The zero-order chi connectivity index (χ0) is 35.8. The summed E-state index contributed by atoms with van der Waals surface area (Å²) in [5, 5.41) is 0. The third kappa shape index (κ3) is 7.96. The second-order valence-corrected chi connectivity index (χ2v) is 43.2. The zero-order valence-corrected chi connectivity index (χ0v) is 39.8. The third-order valence-electron chi connectivity index (χ3n) is 11.1. The van der Waals surface area contributed by atoms with Crippen LogP contribution in [0.4, 0.5) is 0 Å². The van der Waals surface area contributed by atoms with Crippen LogP contribution in [0, 0.1) is 6.92 Å². The van der Waals surface area contributed by atoms with Gasteiger partial charge in [-0.15, -0.1) is 24.8 Å². The maximum Gasteiger partial charge on any atom is -0.147 e. The first-order valence-corrected chi connectivity index (χ1v) is 30.4. The first-order valence-electron chi connectivity index (χ1n) is 18.3. The summed E-state index contributed by atoms with van der Waals surface area (Å²) in [7, 11) is 0. The maximum absolute atomic E-state index is 2.65. The van der Waals surface area contributed by atoms with Crippen molar-refractivity contribution >= 4 is 42.5 Å². The van der Waals surface area contributed by atoms with Gasteiger partial charge in [0.05, 0.1) is 0 Å². The minimum Gasteiger partial charge on any atom is -0.147 e. The predicted octanol–water partition coefficient (Wildman–Crippen LogP) is 14.6. The van der Waals surface area contributed by atoms with Crippen molar-refractivity contribution in [3.63, 3.8) is 0 Å². The van der Waals surface area contributed by atoms with Crippen molar-refractivity contribution in [1.29, 1.82) is 0 Å². The van der Waals surface area contributed by atoms with Gasteiger partial charge in [-0.05, 0) is 0 Å². The van der Waals surface area contributed by atoms with E-state index in [0.717, 1.165) is 0 Å². The summed E-state index contributed by atoms with van der Waals surface area (Å²) < 4.78 is 1.27. The van der Waals surface area contributed by atoms with Crippen LogP contribution < -0.4 is 0 Å². The average Bonchev–Trinajstić information content (AvgIpc) is 3.52. The predicted molar refractivity (Wildman–Crippen MR) is 229 cm³/mol. The van der Waals surface area contributed by atoms with Crippen LogP contribution in [-0.4, -0.2) is 5.49 Å². The molecule has 4 heteroatoms. The molecule has 6 rings (SSSR count). The molecule has 0 fully saturated rings. The number of aryl methyl sites for hydroxylation is 1. The van der Waals surface area contributed by atoms with E-state index in [1.807, 2.05) is 0 Å². The van der Waals surface area contributed by atoms with E-state index < -0.39 is 25.6 Å². The molecule has 4 aromatic rings. The molecule has 2 aliphatic carbocycles. The summed E-state index contributed by atoms with van der Waals surface area (Å²) in [6.07, 6.45) is 5.19. The van der Waals surface area contributed by atoms with Crippen molar-refractivity contribution in [3.05, 3.63) is 128 Å². The molecular weight excluding hydrogens is 842 g/mol. The Morgan fingerprint density at radius 1 is 0.529 bits per heavy atom. The summed E-state index contributed by atoms with van der Waals surface area (Å²) in [6.45, 7) is 33.6. The third-order valence-corrected chi connectivity index (χ3v) is 39.4. The van der Waals surface area contributed by atoms with E-state index in [1.165, 1.54) is 55.6 Å². The van der Waals surface area contributed by atoms with Crippen molar-refractivity contribution in [2.24, 2.45) is 0 Å². The summed E-state index contributed by atoms with van der Waals surface area (Å²) >= 11 is -2.44. The van der Waals surface area contributed by atoms with Gasteiger partial charge in [-0.3, -0.25) is 0 Å². The first-order chi connectivity index (χ1) is 22.8. The Hall–Kier alpha value is -1.97. The molecule has 0 saturated heterocycles. The molecule has 0 bridgehead atoms. The summed E-state index contributed by atoms with van der Waals surface area (Å²) in [5.74, 6) is 0. The monoisotopic (exact) mass is 902 g/mol. The second kappa shape index (κ2) is 15.0. The first kappa shape index (κ1) is 41.8. The molecule has 0 aromatic heterocycles. The molecule has 4 aromatic carbocycles. The molecule has 0 N–H and O–H groups in total. The van der Waals surface area contributed by atoms with Gasteiger partial charge in [-0.2, -0.15) is 0 Å². The minimum atomic E-state index is -2.44. The van der Waals surface area contributed by atoms with E-state index in [-0.39, 0.29) is 41.1 Å². The summed E-state index contributed by atoms with van der Waals surface area (Å²) in [4.78, 5) is 0. The molecule has 0 nitrogen and oxygen atoms in total. The quantitative estimate of drug-likeness (QED) is 0.179. The smallest absolute Gasteiger partial charge is 0.147 e. The zero-order valence-electron chi connectivity index (χ0n) is 33.6. The Bertz CT molecular complexity index is 2020. The number of halogens is 2. The summed E-state index contributed by atoms with van der Waals surface area (Å²) in [5.41, 5.74) is 20.6. The Morgan fingerprint density at radius 3 is 1.57 bits per heavy atom. The molecule has 0 aliphatic heterocycles. The molecule has 2 unspecified atom stereocenters. The standard InChI is InChI=1S/C25H31.C20H21.C2H6Si.2ClH.Hf/c1-16-11-22-17(2)9-10-21(23(22)12-16)18-13-19(24(3,4)5)15-20(14-18)25(6,7)8;1-14-12-16-6-5-7-18(19(16)13-14)15-8-10-17(11-9-15)20(2,3)4;1-3-2;;;/h9-15H,1-8H3;5-13H,1-4H3;1-2H3;2*1H;. The van der Waals surface area contributed by atoms with Crippen LogP contribution in [-0.2, 0) is 36.3 Å². The van der Waals surface area contributed by atoms with Crippen LogP contribution in [0.2, 0.25) is 13.1 Å². The molecule has 0 radical (unpaired) electrons. The molecule has 0 amide bonds. The normalized spacial score (nSPS) is 16.7. The Kier molecular flexibility index (Phi) is 12.3. The van der Waals surface area contributed by atoms with Gasteiger partial charge >= 0.3 is 308 Å². The van der Waals surface area contributed by atoms with Crippen LogP contribution in [0.3, 0.4) is 0 Å². The van der Waals surface area contributed by atoms with Gasteiger partial charge in [0, 0.05) is 0 Å². The van der Waals surface area contributed by atoms with Gasteiger partial charge in [-0.1, -0.05) is 0 Å². The van der Waals surface area contributed by atoms with Crippen molar-refractivity contribution < 1.29 is 20.1 Å². The van der Waals surface area contributed by atoms with Crippen molar-refractivity contribution in [1.82, 2.24) is 0 Å². The number of hydrogen-bond acceptors (Lipinski definition) is 0. The van der Waals surface area contributed by atoms with Gasteiger partial charge in [0.1, 0.15) is 0 Å². The van der Waals surface area contributed by atoms with Crippen LogP contribution in [0.15, 0.2) is 83.9 Å². The van der Waals surface area contributed by atoms with E-state index in [0.29, 0.717) is 7.35 Å². The second-order valence-electron chi connectivity index (χ2n) is 18.3. The van der Waals surface area contributed by atoms with Crippen LogP contribution in [0.1, 0.15) is 128 Å². The Morgan fingerprint density at radius 2 is 1.04 bits per heavy atom. The number of allylic oxidation sites excluding steroid dienone is 2. The fourth-order valence-corrected chi connectivity index (χ4v) is 37.9. The van der Waals surface area contributed by atoms with Gasteiger partial charge in [0.15, 0.2) is 0 Å². The minimum absolute atomic E-state index is 0. The van der Waals surface area contributed by atoms with E-state index in [1.54, 1.807) is 22.3 Å². The Labute approximate surface area is 330 Å². The molecule has 270 valence electrons. The molecule has 51 heavy (non-hydrogen) atoms. The van der Waals surface area contributed by atoms with Crippen LogP contribution in [0.25, 0.3) is 34.4 Å². The van der Waals surface area contributed by atoms with E-state index >= 15 is 0 Å². The van der Waals surface area contributed by atoms with Crippen molar-refractivity contribution in [3.8, 4) is 22.3 Å². The van der Waals surface area contributed by atoms with Gasteiger partial charge < -0.3 is 0 Å². The largest absolute Gasteiger partial charge is 0.147 e. The molecular formula is C47H60Cl2HfSi. The molecule has 2 atom stereocenters. The number of fused-ring (bicyclic) bond motifs is 2. The van der Waals surface area contributed by atoms with Gasteiger partial charge in [0.2, 0.25) is 0 Å². The number of hydrogen-bond donors (Lipinski definition) is 0. The van der Waals surface area contributed by atoms with Crippen LogP contribution >= 0.6 is 24.8 Å². The fraction of sp³-hybridized carbons (Fsp3) is 0.404. The SMILES string of the molecule is CC1=Cc2c(-c3ccc(C(C)(C)C)cc3)cccc2[CH]1[Hf]([CH]1C(C)=Cc2c(-c3cc(C(C)(C)C)cc(C(C)(C)C)c3)ccc(C)c21)=[Si](C)C.Cl.Cl. The summed E-state index contributed by atoms with van der Waals surface area (Å²) in [6, 6.07) is 28.9. The topological polar surface area (TPSA) is 0 Å². The molecule has 0 saturated carbocycles. The Balaban J connectivity index is 0.00000292. The molecule has 0 heterocycles. The molecule has 2 aliphatic rings. The average molecular weight is 902 g/mol. The van der Waals surface area contributed by atoms with E-state index in [9.17, 15) is 0 Å². The van der Waals surface area contributed by atoms with Crippen LogP contribution in [0.5, 0.6) is 0 Å². The van der Waals surface area contributed by atoms with Crippen molar-refractivity contribution in [2.75, 3.05) is 0 Å². The van der Waals surface area contributed by atoms with Gasteiger partial charge in [-0.25, -0.2) is 0 Å². The number of rotatable bonds is 4. The maximum atomic E-state index is 2.65. The van der Waals surface area contributed by atoms with Gasteiger partial charge in [0.25, 0.3) is 0 Å². The van der Waals surface area contributed by atoms with Crippen molar-refractivity contribution in [2.45, 2.75) is 120 Å².